The normalized spacial score (nSPS) is 16.5. The van der Waals surface area contributed by atoms with Gasteiger partial charge in [0, 0.05) is 32.4 Å². The van der Waals surface area contributed by atoms with Crippen molar-refractivity contribution in [2.24, 2.45) is 5.92 Å². The Morgan fingerprint density at radius 3 is 2.73 bits per heavy atom. The quantitative estimate of drug-likeness (QED) is 0.830. The lowest BCUT2D eigenvalue weighted by molar-refractivity contribution is 0.185. The highest BCUT2D eigenvalue weighted by molar-refractivity contribution is 5.89. The van der Waals surface area contributed by atoms with Crippen molar-refractivity contribution in [1.29, 1.82) is 0 Å². The molecule has 2 amide bonds. The highest BCUT2D eigenvalue weighted by atomic mass is 19.1. The monoisotopic (exact) mass is 357 g/mol. The minimum Gasteiger partial charge on any atom is -0.380 e. The molecular weight excluding hydrogens is 333 g/mol. The Balaban J connectivity index is 1.44. The van der Waals surface area contributed by atoms with Crippen molar-refractivity contribution in [1.82, 2.24) is 5.32 Å². The molecule has 26 heavy (non-hydrogen) atoms. The standard InChI is InChI=1S/C20H24FN3O2/c1-26-14-15-6-8-17(9-7-15)23-20(25)22-12-16-10-11-24(13-16)19-5-3-2-4-18(19)21/h2-9,16H,10-14H2,1H3,(H2,22,23,25). The van der Waals surface area contributed by atoms with Gasteiger partial charge in [0.05, 0.1) is 12.3 Å². The zero-order valence-electron chi connectivity index (χ0n) is 14.9. The van der Waals surface area contributed by atoms with Gasteiger partial charge in [-0.05, 0) is 42.2 Å². The summed E-state index contributed by atoms with van der Waals surface area (Å²) < 4.78 is 18.9. The minimum atomic E-state index is -0.228. The van der Waals surface area contributed by atoms with E-state index in [-0.39, 0.29) is 11.8 Å². The van der Waals surface area contributed by atoms with E-state index in [9.17, 15) is 9.18 Å². The molecule has 1 aliphatic rings. The van der Waals surface area contributed by atoms with E-state index in [1.165, 1.54) is 6.07 Å². The molecular formula is C20H24FN3O2. The lowest BCUT2D eigenvalue weighted by atomic mass is 10.1. The summed E-state index contributed by atoms with van der Waals surface area (Å²) in [7, 11) is 1.65. The van der Waals surface area contributed by atoms with Gasteiger partial charge in [0.2, 0.25) is 0 Å². The van der Waals surface area contributed by atoms with E-state index >= 15 is 0 Å². The van der Waals surface area contributed by atoms with Gasteiger partial charge in [0.1, 0.15) is 5.82 Å². The molecule has 138 valence electrons. The Labute approximate surface area is 153 Å². The van der Waals surface area contributed by atoms with Crippen LogP contribution in [0, 0.1) is 11.7 Å². The maximum Gasteiger partial charge on any atom is 0.319 e. The van der Waals surface area contributed by atoms with Gasteiger partial charge in [0.15, 0.2) is 0 Å². The zero-order valence-corrected chi connectivity index (χ0v) is 14.9. The van der Waals surface area contributed by atoms with Crippen molar-refractivity contribution >= 4 is 17.4 Å². The number of halogens is 1. The molecule has 0 bridgehead atoms. The second-order valence-electron chi connectivity index (χ2n) is 6.52. The maximum atomic E-state index is 13.9. The highest BCUT2D eigenvalue weighted by Crippen LogP contribution is 2.25. The zero-order chi connectivity index (χ0) is 18.4. The van der Waals surface area contributed by atoms with E-state index in [2.05, 4.69) is 10.6 Å². The van der Waals surface area contributed by atoms with Gasteiger partial charge in [0.25, 0.3) is 0 Å². The number of benzene rings is 2. The number of amides is 2. The fraction of sp³-hybridized carbons (Fsp3) is 0.350. The second kappa shape index (κ2) is 8.67. The molecule has 1 heterocycles. The van der Waals surface area contributed by atoms with E-state index in [1.807, 2.05) is 35.2 Å². The first-order chi connectivity index (χ1) is 12.7. The van der Waals surface area contributed by atoms with Crippen molar-refractivity contribution in [2.45, 2.75) is 13.0 Å². The minimum absolute atomic E-state index is 0.198. The van der Waals surface area contributed by atoms with E-state index in [0.29, 0.717) is 24.8 Å². The molecule has 0 aliphatic carbocycles. The molecule has 3 rings (SSSR count). The van der Waals surface area contributed by atoms with Crippen LogP contribution in [-0.2, 0) is 11.3 Å². The van der Waals surface area contributed by atoms with Crippen LogP contribution >= 0.6 is 0 Å². The van der Waals surface area contributed by atoms with E-state index in [4.69, 9.17) is 4.74 Å². The molecule has 6 heteroatoms. The first kappa shape index (κ1) is 18.2. The fourth-order valence-corrected chi connectivity index (χ4v) is 3.19. The van der Waals surface area contributed by atoms with Crippen LogP contribution in [-0.4, -0.2) is 32.8 Å². The Morgan fingerprint density at radius 2 is 2.00 bits per heavy atom. The number of hydrogen-bond donors (Lipinski definition) is 2. The third-order valence-corrected chi connectivity index (χ3v) is 4.55. The summed E-state index contributed by atoms with van der Waals surface area (Å²) in [4.78, 5) is 14.1. The summed E-state index contributed by atoms with van der Waals surface area (Å²) in [5, 5.41) is 5.73. The molecule has 1 aliphatic heterocycles. The molecule has 2 N–H and O–H groups in total. The number of ether oxygens (including phenoxy) is 1. The van der Waals surface area contributed by atoms with Crippen LogP contribution in [0.4, 0.5) is 20.6 Å². The Kier molecular flexibility index (Phi) is 6.07. The Morgan fingerprint density at radius 1 is 1.23 bits per heavy atom. The van der Waals surface area contributed by atoms with Gasteiger partial charge in [-0.15, -0.1) is 0 Å². The van der Waals surface area contributed by atoms with Crippen LogP contribution in [0.15, 0.2) is 48.5 Å². The molecule has 1 unspecified atom stereocenters. The average Bonchev–Trinajstić information content (AvgIpc) is 3.11. The Bertz CT molecular complexity index is 736. The van der Waals surface area contributed by atoms with Gasteiger partial charge in [-0.25, -0.2) is 9.18 Å². The summed E-state index contributed by atoms with van der Waals surface area (Å²) in [6, 6.07) is 14.1. The van der Waals surface area contributed by atoms with Crippen LogP contribution in [0.5, 0.6) is 0 Å². The number of para-hydroxylation sites is 1. The van der Waals surface area contributed by atoms with Crippen LogP contribution in [0.2, 0.25) is 0 Å². The molecule has 2 aromatic carbocycles. The number of hydrogen-bond acceptors (Lipinski definition) is 3. The number of methoxy groups -OCH3 is 1. The van der Waals surface area contributed by atoms with Gasteiger partial charge in [-0.2, -0.15) is 0 Å². The van der Waals surface area contributed by atoms with Crippen LogP contribution in [0.25, 0.3) is 0 Å². The average molecular weight is 357 g/mol. The van der Waals surface area contributed by atoms with E-state index in [0.717, 1.165) is 30.8 Å². The van der Waals surface area contributed by atoms with Gasteiger partial charge in [-0.1, -0.05) is 24.3 Å². The van der Waals surface area contributed by atoms with E-state index < -0.39 is 0 Å². The van der Waals surface area contributed by atoms with Crippen molar-refractivity contribution < 1.29 is 13.9 Å². The molecule has 0 saturated carbocycles. The number of anilines is 2. The first-order valence-electron chi connectivity index (χ1n) is 8.78. The molecule has 0 spiro atoms. The molecule has 1 saturated heterocycles. The topological polar surface area (TPSA) is 53.6 Å². The fourth-order valence-electron chi connectivity index (χ4n) is 3.19. The number of urea groups is 1. The lowest BCUT2D eigenvalue weighted by Crippen LogP contribution is -2.34. The van der Waals surface area contributed by atoms with Gasteiger partial charge < -0.3 is 20.3 Å². The van der Waals surface area contributed by atoms with Crippen LogP contribution in [0.1, 0.15) is 12.0 Å². The third-order valence-electron chi connectivity index (χ3n) is 4.55. The largest absolute Gasteiger partial charge is 0.380 e. The molecule has 0 radical (unpaired) electrons. The summed E-state index contributed by atoms with van der Waals surface area (Å²) in [6.07, 6.45) is 0.931. The van der Waals surface area contributed by atoms with Crippen molar-refractivity contribution in [3.05, 3.63) is 59.9 Å². The number of rotatable bonds is 6. The Hall–Kier alpha value is -2.60. The summed E-state index contributed by atoms with van der Waals surface area (Å²) in [5.41, 5.74) is 2.43. The number of nitrogens with one attached hydrogen (secondary N) is 2. The van der Waals surface area contributed by atoms with Crippen LogP contribution in [0.3, 0.4) is 0 Å². The highest BCUT2D eigenvalue weighted by Gasteiger charge is 2.24. The molecule has 0 aromatic heterocycles. The molecule has 1 fully saturated rings. The molecule has 5 nitrogen and oxygen atoms in total. The van der Waals surface area contributed by atoms with Gasteiger partial charge in [-0.3, -0.25) is 0 Å². The summed E-state index contributed by atoms with van der Waals surface area (Å²) in [5.74, 6) is 0.111. The maximum absolute atomic E-state index is 13.9. The second-order valence-corrected chi connectivity index (χ2v) is 6.52. The predicted octanol–water partition coefficient (Wildman–Crippen LogP) is 3.62. The van der Waals surface area contributed by atoms with Crippen LogP contribution < -0.4 is 15.5 Å². The van der Waals surface area contributed by atoms with Crippen molar-refractivity contribution in [3.63, 3.8) is 0 Å². The van der Waals surface area contributed by atoms with E-state index in [1.54, 1.807) is 19.2 Å². The van der Waals surface area contributed by atoms with Crippen molar-refractivity contribution in [3.8, 4) is 0 Å². The van der Waals surface area contributed by atoms with Crippen molar-refractivity contribution in [2.75, 3.05) is 37.0 Å². The summed E-state index contributed by atoms with van der Waals surface area (Å²) >= 11 is 0. The number of nitrogens with zero attached hydrogens (tertiary/aromatic N) is 1. The smallest absolute Gasteiger partial charge is 0.319 e. The molecule has 2 aromatic rings. The first-order valence-corrected chi connectivity index (χ1v) is 8.78. The van der Waals surface area contributed by atoms with Gasteiger partial charge >= 0.3 is 6.03 Å². The number of carbonyl (C=O) groups excluding carboxylic acids is 1. The number of carbonyl (C=O) groups is 1. The summed E-state index contributed by atoms with van der Waals surface area (Å²) in [6.45, 7) is 2.66. The molecule has 1 atom stereocenters. The SMILES string of the molecule is COCc1ccc(NC(=O)NCC2CCN(c3ccccc3F)C2)cc1. The third kappa shape index (κ3) is 4.73. The predicted molar refractivity (Wildman–Crippen MR) is 101 cm³/mol. The lowest BCUT2D eigenvalue weighted by Gasteiger charge is -2.19.